The fraction of sp³-hybridized carbons (Fsp3) is 0.286. The number of benzene rings is 1. The van der Waals surface area contributed by atoms with Gasteiger partial charge in [-0.25, -0.2) is 4.68 Å². The fourth-order valence-corrected chi connectivity index (χ4v) is 1.67. The van der Waals surface area contributed by atoms with Crippen LogP contribution in [0.2, 0.25) is 0 Å². The van der Waals surface area contributed by atoms with Gasteiger partial charge in [0.1, 0.15) is 6.17 Å². The normalized spacial score (nSPS) is 12.0. The number of halogens is 1. The molecule has 2 rings (SSSR count). The number of hydrogen-bond acceptors (Lipinski definition) is 3. The van der Waals surface area contributed by atoms with Gasteiger partial charge in [0.15, 0.2) is 0 Å². The van der Waals surface area contributed by atoms with Crippen LogP contribution < -0.4 is 5.56 Å². The summed E-state index contributed by atoms with van der Waals surface area (Å²) < 4.78 is 1.50. The molecule has 0 amide bonds. The summed E-state index contributed by atoms with van der Waals surface area (Å²) in [6.45, 7) is 1.95. The SMILES string of the molecule is CC(N(C)C)n1nc(-c2ccccc2)ccc1=O.Cl. The molecule has 4 nitrogen and oxygen atoms in total. The summed E-state index contributed by atoms with van der Waals surface area (Å²) >= 11 is 0. The summed E-state index contributed by atoms with van der Waals surface area (Å²) in [5.41, 5.74) is 1.73. The number of nitrogens with zero attached hydrogens (tertiary/aromatic N) is 3. The molecule has 102 valence electrons. The summed E-state index contributed by atoms with van der Waals surface area (Å²) in [6.07, 6.45) is -0.0684. The van der Waals surface area contributed by atoms with Crippen LogP contribution in [0.15, 0.2) is 47.3 Å². The second-order valence-electron chi connectivity index (χ2n) is 4.46. The minimum Gasteiger partial charge on any atom is -0.288 e. The van der Waals surface area contributed by atoms with Gasteiger partial charge in [-0.1, -0.05) is 30.3 Å². The van der Waals surface area contributed by atoms with Crippen molar-refractivity contribution < 1.29 is 0 Å². The topological polar surface area (TPSA) is 38.1 Å². The maximum Gasteiger partial charge on any atom is 0.268 e. The molecule has 1 aromatic carbocycles. The zero-order valence-corrected chi connectivity index (χ0v) is 12.1. The van der Waals surface area contributed by atoms with Gasteiger partial charge in [0.25, 0.3) is 5.56 Å². The predicted molar refractivity (Wildman–Crippen MR) is 79.6 cm³/mol. The lowest BCUT2D eigenvalue weighted by Gasteiger charge is -2.21. The molecule has 0 saturated carbocycles. The van der Waals surface area contributed by atoms with Crippen LogP contribution in [0.5, 0.6) is 0 Å². The van der Waals surface area contributed by atoms with Crippen LogP contribution in [0.1, 0.15) is 13.1 Å². The molecule has 0 aliphatic heterocycles. The second kappa shape index (κ2) is 6.50. The first kappa shape index (κ1) is 15.4. The van der Waals surface area contributed by atoms with Crippen molar-refractivity contribution in [3.8, 4) is 11.3 Å². The van der Waals surface area contributed by atoms with Crippen molar-refractivity contribution >= 4 is 12.4 Å². The zero-order chi connectivity index (χ0) is 13.1. The Morgan fingerprint density at radius 1 is 1.11 bits per heavy atom. The zero-order valence-electron chi connectivity index (χ0n) is 11.3. The van der Waals surface area contributed by atoms with Crippen molar-refractivity contribution in [2.45, 2.75) is 13.1 Å². The lowest BCUT2D eigenvalue weighted by Crippen LogP contribution is -2.33. The van der Waals surface area contributed by atoms with Gasteiger partial charge in [-0.3, -0.25) is 9.69 Å². The van der Waals surface area contributed by atoms with Crippen molar-refractivity contribution in [1.82, 2.24) is 14.7 Å². The summed E-state index contributed by atoms with van der Waals surface area (Å²) in [6, 6.07) is 13.2. The Kier molecular flexibility index (Phi) is 5.27. The van der Waals surface area contributed by atoms with Crippen LogP contribution in [-0.2, 0) is 0 Å². The highest BCUT2D eigenvalue weighted by atomic mass is 35.5. The highest BCUT2D eigenvalue weighted by Crippen LogP contribution is 2.15. The van der Waals surface area contributed by atoms with Crippen molar-refractivity contribution in [1.29, 1.82) is 0 Å². The third kappa shape index (κ3) is 3.43. The molecule has 0 bridgehead atoms. The minimum atomic E-state index is -0.0871. The van der Waals surface area contributed by atoms with E-state index in [4.69, 9.17) is 0 Å². The molecule has 0 aliphatic rings. The molecule has 2 aromatic rings. The lowest BCUT2D eigenvalue weighted by atomic mass is 10.1. The Labute approximate surface area is 119 Å². The quantitative estimate of drug-likeness (QED) is 0.866. The van der Waals surface area contributed by atoms with Crippen LogP contribution in [0.4, 0.5) is 0 Å². The van der Waals surface area contributed by atoms with Gasteiger partial charge in [-0.05, 0) is 27.1 Å². The first-order chi connectivity index (χ1) is 8.59. The van der Waals surface area contributed by atoms with Crippen LogP contribution in [-0.4, -0.2) is 28.8 Å². The monoisotopic (exact) mass is 279 g/mol. The maximum atomic E-state index is 11.8. The van der Waals surface area contributed by atoms with E-state index in [0.29, 0.717) is 0 Å². The van der Waals surface area contributed by atoms with E-state index < -0.39 is 0 Å². The highest BCUT2D eigenvalue weighted by Gasteiger charge is 2.11. The molecule has 1 unspecified atom stereocenters. The minimum absolute atomic E-state index is 0. The Morgan fingerprint density at radius 3 is 2.32 bits per heavy atom. The van der Waals surface area contributed by atoms with E-state index in [2.05, 4.69) is 5.10 Å². The third-order valence-corrected chi connectivity index (χ3v) is 3.00. The van der Waals surface area contributed by atoms with Gasteiger partial charge in [-0.2, -0.15) is 5.10 Å². The molecule has 0 N–H and O–H groups in total. The molecule has 1 heterocycles. The van der Waals surface area contributed by atoms with E-state index >= 15 is 0 Å². The van der Waals surface area contributed by atoms with E-state index in [1.165, 1.54) is 4.68 Å². The molecule has 0 aliphatic carbocycles. The van der Waals surface area contributed by atoms with Gasteiger partial charge in [0.2, 0.25) is 0 Å². The maximum absolute atomic E-state index is 11.8. The van der Waals surface area contributed by atoms with Gasteiger partial charge < -0.3 is 0 Å². The average Bonchev–Trinajstić information content (AvgIpc) is 2.39. The van der Waals surface area contributed by atoms with E-state index in [0.717, 1.165) is 11.3 Å². The first-order valence-electron chi connectivity index (χ1n) is 5.91. The van der Waals surface area contributed by atoms with Crippen LogP contribution in [0, 0.1) is 0 Å². The standard InChI is InChI=1S/C14H17N3O.ClH/c1-11(16(2)3)17-14(18)10-9-13(15-17)12-7-5-4-6-8-12;/h4-11H,1-3H3;1H. The molecule has 1 aromatic heterocycles. The molecule has 0 saturated heterocycles. The van der Waals surface area contributed by atoms with Gasteiger partial charge in [0.05, 0.1) is 5.69 Å². The average molecular weight is 280 g/mol. The Bertz CT molecular complexity index is 581. The van der Waals surface area contributed by atoms with E-state index in [9.17, 15) is 4.79 Å². The Balaban J connectivity index is 0.00000180. The van der Waals surface area contributed by atoms with Crippen molar-refractivity contribution in [2.24, 2.45) is 0 Å². The van der Waals surface area contributed by atoms with Gasteiger partial charge in [0, 0.05) is 11.6 Å². The number of aromatic nitrogens is 2. The number of hydrogen-bond donors (Lipinski definition) is 0. The van der Waals surface area contributed by atoms with Crippen LogP contribution in [0.25, 0.3) is 11.3 Å². The Morgan fingerprint density at radius 2 is 1.74 bits per heavy atom. The molecule has 5 heteroatoms. The summed E-state index contributed by atoms with van der Waals surface area (Å²) in [4.78, 5) is 13.8. The summed E-state index contributed by atoms with van der Waals surface area (Å²) in [7, 11) is 3.85. The first-order valence-corrected chi connectivity index (χ1v) is 5.91. The van der Waals surface area contributed by atoms with Crippen LogP contribution in [0.3, 0.4) is 0 Å². The number of rotatable bonds is 3. The molecule has 0 radical (unpaired) electrons. The van der Waals surface area contributed by atoms with Crippen molar-refractivity contribution in [2.75, 3.05) is 14.1 Å². The van der Waals surface area contributed by atoms with Gasteiger partial charge in [-0.15, -0.1) is 12.4 Å². The molecule has 0 spiro atoms. The smallest absolute Gasteiger partial charge is 0.268 e. The highest BCUT2D eigenvalue weighted by molar-refractivity contribution is 5.85. The van der Waals surface area contributed by atoms with Crippen LogP contribution >= 0.6 is 12.4 Å². The molecule has 19 heavy (non-hydrogen) atoms. The summed E-state index contributed by atoms with van der Waals surface area (Å²) in [5, 5.41) is 4.43. The summed E-state index contributed by atoms with van der Waals surface area (Å²) in [5.74, 6) is 0. The molecule has 0 fully saturated rings. The fourth-order valence-electron chi connectivity index (χ4n) is 1.67. The van der Waals surface area contributed by atoms with E-state index in [1.54, 1.807) is 12.1 Å². The predicted octanol–water partition coefficient (Wildman–Crippen LogP) is 2.41. The lowest BCUT2D eigenvalue weighted by molar-refractivity contribution is 0.213. The largest absolute Gasteiger partial charge is 0.288 e. The second-order valence-corrected chi connectivity index (χ2v) is 4.46. The molecular formula is C14H18ClN3O. The van der Waals surface area contributed by atoms with Gasteiger partial charge >= 0.3 is 0 Å². The van der Waals surface area contributed by atoms with Crippen molar-refractivity contribution in [3.63, 3.8) is 0 Å². The van der Waals surface area contributed by atoms with Crippen molar-refractivity contribution in [3.05, 3.63) is 52.8 Å². The third-order valence-electron chi connectivity index (χ3n) is 3.00. The molecular weight excluding hydrogens is 262 g/mol. The Hall–Kier alpha value is -1.65. The van der Waals surface area contributed by atoms with E-state index in [-0.39, 0.29) is 24.1 Å². The molecule has 1 atom stereocenters. The van der Waals surface area contributed by atoms with E-state index in [1.807, 2.05) is 56.3 Å².